The van der Waals surface area contributed by atoms with Gasteiger partial charge in [-0.05, 0) is 25.0 Å². The van der Waals surface area contributed by atoms with E-state index in [-0.39, 0.29) is 0 Å². The lowest BCUT2D eigenvalue weighted by atomic mass is 10.1. The Balaban J connectivity index is 1.33. The SMILES string of the molecule is O=S(=O)(c1ccc(-c2nnc(C3CC3)o2)s1)N1CCC2(CC1)OCCO2. The van der Waals surface area contributed by atoms with Gasteiger partial charge in [0.15, 0.2) is 5.79 Å². The lowest BCUT2D eigenvalue weighted by Gasteiger charge is -2.36. The number of thiophene rings is 1. The van der Waals surface area contributed by atoms with Crippen LogP contribution in [0.1, 0.15) is 37.5 Å². The van der Waals surface area contributed by atoms with Gasteiger partial charge in [0.05, 0.1) is 18.1 Å². The molecule has 3 aliphatic rings. The van der Waals surface area contributed by atoms with Crippen molar-refractivity contribution in [3.05, 3.63) is 18.0 Å². The Hall–Kier alpha value is -1.33. The largest absolute Gasteiger partial charge is 0.420 e. The van der Waals surface area contributed by atoms with Gasteiger partial charge in [0.25, 0.3) is 15.9 Å². The van der Waals surface area contributed by atoms with E-state index in [0.29, 0.717) is 65.9 Å². The molecule has 0 N–H and O–H groups in total. The van der Waals surface area contributed by atoms with Crippen LogP contribution in [0.5, 0.6) is 0 Å². The summed E-state index contributed by atoms with van der Waals surface area (Å²) < 4.78 is 44.7. The first-order valence-corrected chi connectivity index (χ1v) is 11.0. The van der Waals surface area contributed by atoms with Crippen molar-refractivity contribution in [3.8, 4) is 10.8 Å². The highest BCUT2D eigenvalue weighted by molar-refractivity contribution is 7.91. The number of piperidine rings is 1. The van der Waals surface area contributed by atoms with Gasteiger partial charge in [-0.25, -0.2) is 8.42 Å². The maximum atomic E-state index is 12.9. The number of rotatable bonds is 4. The monoisotopic (exact) mass is 397 g/mol. The van der Waals surface area contributed by atoms with E-state index in [1.165, 1.54) is 15.6 Å². The van der Waals surface area contributed by atoms with E-state index in [1.807, 2.05) is 0 Å². The molecule has 26 heavy (non-hydrogen) atoms. The third-order valence-corrected chi connectivity index (χ3v) is 8.49. The molecular weight excluding hydrogens is 378 g/mol. The Morgan fingerprint density at radius 2 is 1.85 bits per heavy atom. The predicted molar refractivity (Wildman–Crippen MR) is 92.2 cm³/mol. The molecule has 1 spiro atoms. The minimum Gasteiger partial charge on any atom is -0.420 e. The van der Waals surface area contributed by atoms with Gasteiger partial charge in [0.1, 0.15) is 4.21 Å². The number of nitrogens with zero attached hydrogens (tertiary/aromatic N) is 3. The molecule has 1 saturated carbocycles. The van der Waals surface area contributed by atoms with Gasteiger partial charge < -0.3 is 13.9 Å². The summed E-state index contributed by atoms with van der Waals surface area (Å²) in [5.41, 5.74) is 0. The van der Waals surface area contributed by atoms with Gasteiger partial charge >= 0.3 is 0 Å². The van der Waals surface area contributed by atoms with Crippen LogP contribution in [-0.4, -0.2) is 55.0 Å². The highest BCUT2D eigenvalue weighted by Gasteiger charge is 2.43. The van der Waals surface area contributed by atoms with Crippen LogP contribution >= 0.6 is 11.3 Å². The molecular formula is C16H19N3O5S2. The molecule has 2 aromatic rings. The summed E-state index contributed by atoms with van der Waals surface area (Å²) in [5.74, 6) is 0.829. The van der Waals surface area contributed by atoms with Gasteiger partial charge in [0, 0.05) is 31.8 Å². The first-order chi connectivity index (χ1) is 12.6. The average molecular weight is 397 g/mol. The fraction of sp³-hybridized carbons (Fsp3) is 0.625. The van der Waals surface area contributed by atoms with E-state index in [4.69, 9.17) is 13.9 Å². The topological polar surface area (TPSA) is 94.8 Å². The molecule has 0 amide bonds. The highest BCUT2D eigenvalue weighted by Crippen LogP contribution is 2.41. The molecule has 8 nitrogen and oxygen atoms in total. The quantitative estimate of drug-likeness (QED) is 0.780. The molecule has 10 heteroatoms. The molecule has 0 atom stereocenters. The normalized spacial score (nSPS) is 23.7. The van der Waals surface area contributed by atoms with Gasteiger partial charge in [-0.2, -0.15) is 4.31 Å². The first kappa shape index (κ1) is 16.8. The maximum Gasteiger partial charge on any atom is 0.257 e. The molecule has 0 unspecified atom stereocenters. The summed E-state index contributed by atoms with van der Waals surface area (Å²) in [6, 6.07) is 3.35. The summed E-state index contributed by atoms with van der Waals surface area (Å²) in [4.78, 5) is 0.680. The van der Waals surface area contributed by atoms with Crippen LogP contribution in [0.2, 0.25) is 0 Å². The van der Waals surface area contributed by atoms with E-state index in [2.05, 4.69) is 10.2 Å². The molecule has 0 radical (unpaired) electrons. The molecule has 5 rings (SSSR count). The Labute approximate surface area is 155 Å². The lowest BCUT2D eigenvalue weighted by Crippen LogP contribution is -2.47. The second-order valence-electron chi connectivity index (χ2n) is 6.85. The zero-order valence-electron chi connectivity index (χ0n) is 14.1. The summed E-state index contributed by atoms with van der Waals surface area (Å²) >= 11 is 1.17. The number of hydrogen-bond acceptors (Lipinski definition) is 8. The minimum atomic E-state index is -3.54. The summed E-state index contributed by atoms with van der Waals surface area (Å²) in [5, 5.41) is 8.11. The Kier molecular flexibility index (Phi) is 3.94. The van der Waals surface area contributed by atoms with Crippen LogP contribution < -0.4 is 0 Å². The predicted octanol–water partition coefficient (Wildman–Crippen LogP) is 2.20. The molecule has 3 fully saturated rings. The molecule has 2 aliphatic heterocycles. The van der Waals surface area contributed by atoms with Gasteiger partial charge in [0.2, 0.25) is 5.89 Å². The van der Waals surface area contributed by atoms with E-state index in [9.17, 15) is 8.42 Å². The number of hydrogen-bond donors (Lipinski definition) is 0. The second kappa shape index (κ2) is 6.10. The van der Waals surface area contributed by atoms with Crippen LogP contribution in [0.15, 0.2) is 20.8 Å². The van der Waals surface area contributed by atoms with E-state index >= 15 is 0 Å². The third kappa shape index (κ3) is 2.89. The van der Waals surface area contributed by atoms with Crippen molar-refractivity contribution >= 4 is 21.4 Å². The second-order valence-corrected chi connectivity index (χ2v) is 10.1. The highest BCUT2D eigenvalue weighted by atomic mass is 32.2. The van der Waals surface area contributed by atoms with Crippen molar-refractivity contribution in [1.29, 1.82) is 0 Å². The van der Waals surface area contributed by atoms with Crippen molar-refractivity contribution in [1.82, 2.24) is 14.5 Å². The Bertz CT molecular complexity index is 902. The van der Waals surface area contributed by atoms with Crippen molar-refractivity contribution in [2.75, 3.05) is 26.3 Å². The fourth-order valence-corrected chi connectivity index (χ4v) is 6.21. The van der Waals surface area contributed by atoms with Crippen LogP contribution in [0, 0.1) is 0 Å². The zero-order chi connectivity index (χ0) is 17.8. The van der Waals surface area contributed by atoms with Crippen LogP contribution in [0.25, 0.3) is 10.8 Å². The minimum absolute atomic E-state index is 0.294. The van der Waals surface area contributed by atoms with Crippen LogP contribution in [-0.2, 0) is 19.5 Å². The van der Waals surface area contributed by atoms with Crippen molar-refractivity contribution < 1.29 is 22.3 Å². The third-order valence-electron chi connectivity index (χ3n) is 5.05. The van der Waals surface area contributed by atoms with Gasteiger partial charge in [-0.1, -0.05) is 0 Å². The summed E-state index contributed by atoms with van der Waals surface area (Å²) in [7, 11) is -3.54. The molecule has 140 valence electrons. The first-order valence-electron chi connectivity index (χ1n) is 8.77. The Morgan fingerprint density at radius 1 is 1.12 bits per heavy atom. The molecule has 0 bridgehead atoms. The van der Waals surface area contributed by atoms with E-state index in [1.54, 1.807) is 12.1 Å². The molecule has 0 aromatic carbocycles. The fourth-order valence-electron chi connectivity index (χ4n) is 3.38. The number of aromatic nitrogens is 2. The van der Waals surface area contributed by atoms with Crippen LogP contribution in [0.3, 0.4) is 0 Å². The van der Waals surface area contributed by atoms with Crippen molar-refractivity contribution in [2.24, 2.45) is 0 Å². The lowest BCUT2D eigenvalue weighted by molar-refractivity contribution is -0.179. The van der Waals surface area contributed by atoms with E-state index < -0.39 is 15.8 Å². The number of ether oxygens (including phenoxy) is 2. The molecule has 2 aromatic heterocycles. The molecule has 2 saturated heterocycles. The zero-order valence-corrected chi connectivity index (χ0v) is 15.7. The average Bonchev–Trinajstić information content (AvgIpc) is 3.07. The van der Waals surface area contributed by atoms with Gasteiger partial charge in [-0.15, -0.1) is 21.5 Å². The molecule has 4 heterocycles. The van der Waals surface area contributed by atoms with Crippen molar-refractivity contribution in [2.45, 2.75) is 41.6 Å². The van der Waals surface area contributed by atoms with Crippen LogP contribution in [0.4, 0.5) is 0 Å². The smallest absolute Gasteiger partial charge is 0.257 e. The summed E-state index contributed by atoms with van der Waals surface area (Å²) in [6.07, 6.45) is 3.27. The van der Waals surface area contributed by atoms with Gasteiger partial charge in [-0.3, -0.25) is 0 Å². The van der Waals surface area contributed by atoms with Crippen molar-refractivity contribution in [3.63, 3.8) is 0 Å². The van der Waals surface area contributed by atoms with E-state index in [0.717, 1.165) is 12.8 Å². The molecule has 1 aliphatic carbocycles. The number of sulfonamides is 1. The summed E-state index contributed by atoms with van der Waals surface area (Å²) in [6.45, 7) is 1.94. The Morgan fingerprint density at radius 3 is 2.54 bits per heavy atom. The standard InChI is InChI=1S/C16H19N3O5S2/c20-26(21,19-7-5-16(6-8-19)22-9-10-23-16)13-4-3-12(25-13)15-18-17-14(24-15)11-1-2-11/h3-4,11H,1-2,5-10H2. The maximum absolute atomic E-state index is 12.9.